The highest BCUT2D eigenvalue weighted by Gasteiger charge is 2.16. The zero-order valence-corrected chi connectivity index (χ0v) is 16.5. The zero-order chi connectivity index (χ0) is 20.6. The highest BCUT2D eigenvalue weighted by Crippen LogP contribution is 2.26. The van der Waals surface area contributed by atoms with Crippen LogP contribution < -0.4 is 21.3 Å². The fourth-order valence-electron chi connectivity index (χ4n) is 2.56. The number of hydrogen-bond donors (Lipinski definition) is 4. The molecule has 0 aliphatic heterocycles. The Kier molecular flexibility index (Phi) is 6.65. The summed E-state index contributed by atoms with van der Waals surface area (Å²) in [6, 6.07) is 17.6. The number of carbonyl (C=O) groups excluding carboxylic acids is 2. The van der Waals surface area contributed by atoms with Crippen molar-refractivity contribution in [3.63, 3.8) is 0 Å². The lowest BCUT2D eigenvalue weighted by Gasteiger charge is -2.14. The molecule has 3 aromatic rings. The van der Waals surface area contributed by atoms with Gasteiger partial charge in [-0.2, -0.15) is 0 Å². The summed E-state index contributed by atoms with van der Waals surface area (Å²) < 4.78 is 0. The molecule has 7 nitrogen and oxygen atoms in total. The zero-order valence-electron chi connectivity index (χ0n) is 15.7. The molecule has 1 aromatic heterocycles. The van der Waals surface area contributed by atoms with E-state index in [1.165, 1.54) is 6.20 Å². The van der Waals surface area contributed by atoms with E-state index in [1.54, 1.807) is 30.3 Å². The van der Waals surface area contributed by atoms with Crippen molar-refractivity contribution < 1.29 is 9.59 Å². The van der Waals surface area contributed by atoms with E-state index in [4.69, 9.17) is 11.6 Å². The van der Waals surface area contributed by atoms with Gasteiger partial charge in [0.1, 0.15) is 5.82 Å². The molecule has 0 fully saturated rings. The molecule has 8 heteroatoms. The maximum atomic E-state index is 12.9. The average molecular weight is 410 g/mol. The average Bonchev–Trinajstić information content (AvgIpc) is 2.71. The SMILES string of the molecule is CCNC(=O)Nc1cc(Nc2ccccc2)c(C(=O)Nc2ccccc2Cl)cn1. The summed E-state index contributed by atoms with van der Waals surface area (Å²) in [6.07, 6.45) is 1.40. The molecule has 4 N–H and O–H groups in total. The van der Waals surface area contributed by atoms with Crippen molar-refractivity contribution in [3.8, 4) is 0 Å². The van der Waals surface area contributed by atoms with Crippen molar-refractivity contribution in [2.45, 2.75) is 6.92 Å². The topological polar surface area (TPSA) is 95.2 Å². The third kappa shape index (κ3) is 5.46. The van der Waals surface area contributed by atoms with Crippen molar-refractivity contribution in [3.05, 3.63) is 77.4 Å². The Balaban J connectivity index is 1.90. The number of carbonyl (C=O) groups is 2. The van der Waals surface area contributed by atoms with E-state index in [2.05, 4.69) is 26.3 Å². The number of halogens is 1. The van der Waals surface area contributed by atoms with Crippen LogP contribution in [0.1, 0.15) is 17.3 Å². The molecular weight excluding hydrogens is 390 g/mol. The number of aromatic nitrogens is 1. The van der Waals surface area contributed by atoms with Gasteiger partial charge in [-0.25, -0.2) is 9.78 Å². The van der Waals surface area contributed by atoms with E-state index < -0.39 is 0 Å². The maximum absolute atomic E-state index is 12.9. The Bertz CT molecular complexity index is 1010. The van der Waals surface area contributed by atoms with Gasteiger partial charge < -0.3 is 16.0 Å². The smallest absolute Gasteiger partial charge is 0.320 e. The third-order valence-electron chi connectivity index (χ3n) is 3.90. The molecule has 0 saturated carbocycles. The molecule has 0 atom stereocenters. The van der Waals surface area contributed by atoms with Crippen molar-refractivity contribution in [1.82, 2.24) is 10.3 Å². The molecule has 3 rings (SSSR count). The third-order valence-corrected chi connectivity index (χ3v) is 4.23. The van der Waals surface area contributed by atoms with Crippen LogP contribution in [0.5, 0.6) is 0 Å². The van der Waals surface area contributed by atoms with Crippen molar-refractivity contribution >= 4 is 46.4 Å². The number of nitrogens with one attached hydrogen (secondary N) is 4. The molecule has 2 aromatic carbocycles. The lowest BCUT2D eigenvalue weighted by molar-refractivity contribution is 0.102. The lowest BCUT2D eigenvalue weighted by Crippen LogP contribution is -2.28. The van der Waals surface area contributed by atoms with Gasteiger partial charge >= 0.3 is 6.03 Å². The number of hydrogen-bond acceptors (Lipinski definition) is 4. The number of benzene rings is 2. The van der Waals surface area contributed by atoms with Gasteiger partial charge in [0, 0.05) is 24.5 Å². The first-order valence-electron chi connectivity index (χ1n) is 8.99. The molecule has 29 heavy (non-hydrogen) atoms. The van der Waals surface area contributed by atoms with Gasteiger partial charge in [0.15, 0.2) is 0 Å². The number of urea groups is 1. The van der Waals surface area contributed by atoms with Gasteiger partial charge in [0.2, 0.25) is 0 Å². The van der Waals surface area contributed by atoms with Crippen LogP contribution in [0.3, 0.4) is 0 Å². The van der Waals surface area contributed by atoms with Crippen LogP contribution in [-0.2, 0) is 0 Å². The summed E-state index contributed by atoms with van der Waals surface area (Å²) >= 11 is 6.14. The minimum absolute atomic E-state index is 0.301. The first kappa shape index (κ1) is 20.2. The number of nitrogens with zero attached hydrogens (tertiary/aromatic N) is 1. The minimum Gasteiger partial charge on any atom is -0.355 e. The summed E-state index contributed by atoms with van der Waals surface area (Å²) in [7, 11) is 0. The molecule has 0 aliphatic rings. The van der Waals surface area contributed by atoms with E-state index in [9.17, 15) is 9.59 Å². The van der Waals surface area contributed by atoms with Gasteiger partial charge in [-0.15, -0.1) is 0 Å². The quantitative estimate of drug-likeness (QED) is 0.467. The molecule has 0 radical (unpaired) electrons. The fraction of sp³-hybridized carbons (Fsp3) is 0.0952. The van der Waals surface area contributed by atoms with Gasteiger partial charge in [0.05, 0.1) is 22.0 Å². The molecule has 148 valence electrons. The monoisotopic (exact) mass is 409 g/mol. The number of amides is 3. The summed E-state index contributed by atoms with van der Waals surface area (Å²) in [5, 5.41) is 11.7. The number of anilines is 4. The molecule has 1 heterocycles. The second-order valence-electron chi connectivity index (χ2n) is 6.02. The van der Waals surface area contributed by atoms with Crippen LogP contribution in [0.15, 0.2) is 66.9 Å². The van der Waals surface area contributed by atoms with Crippen molar-refractivity contribution in [1.29, 1.82) is 0 Å². The van der Waals surface area contributed by atoms with Crippen LogP contribution in [0, 0.1) is 0 Å². The van der Waals surface area contributed by atoms with Crippen molar-refractivity contribution in [2.24, 2.45) is 0 Å². The fourth-order valence-corrected chi connectivity index (χ4v) is 2.74. The van der Waals surface area contributed by atoms with E-state index in [-0.39, 0.29) is 11.9 Å². The predicted octanol–water partition coefficient (Wildman–Crippen LogP) is 4.87. The molecule has 0 bridgehead atoms. The summed E-state index contributed by atoms with van der Waals surface area (Å²) in [6.45, 7) is 2.30. The normalized spacial score (nSPS) is 10.1. The first-order chi connectivity index (χ1) is 14.1. The van der Waals surface area contributed by atoms with Crippen LogP contribution in [0.25, 0.3) is 0 Å². The Morgan fingerprint density at radius 3 is 2.41 bits per heavy atom. The predicted molar refractivity (Wildman–Crippen MR) is 116 cm³/mol. The summed E-state index contributed by atoms with van der Waals surface area (Å²) in [4.78, 5) is 28.8. The minimum atomic E-state index is -0.381. The van der Waals surface area contributed by atoms with Crippen molar-refractivity contribution in [2.75, 3.05) is 22.5 Å². The second kappa shape index (κ2) is 9.57. The van der Waals surface area contributed by atoms with Crippen LogP contribution >= 0.6 is 11.6 Å². The van der Waals surface area contributed by atoms with E-state index in [1.807, 2.05) is 37.3 Å². The van der Waals surface area contributed by atoms with E-state index >= 15 is 0 Å². The highest BCUT2D eigenvalue weighted by molar-refractivity contribution is 6.34. The molecule has 3 amide bonds. The van der Waals surface area contributed by atoms with Crippen LogP contribution in [0.4, 0.5) is 27.7 Å². The number of rotatable bonds is 6. The first-order valence-corrected chi connectivity index (χ1v) is 9.37. The number of para-hydroxylation sites is 2. The van der Waals surface area contributed by atoms with E-state index in [0.29, 0.717) is 34.3 Å². The Morgan fingerprint density at radius 2 is 1.69 bits per heavy atom. The van der Waals surface area contributed by atoms with Gasteiger partial charge in [-0.05, 0) is 31.2 Å². The van der Waals surface area contributed by atoms with Crippen LogP contribution in [-0.4, -0.2) is 23.5 Å². The maximum Gasteiger partial charge on any atom is 0.320 e. The largest absolute Gasteiger partial charge is 0.355 e. The van der Waals surface area contributed by atoms with Crippen LogP contribution in [0.2, 0.25) is 5.02 Å². The number of pyridine rings is 1. The summed E-state index contributed by atoms with van der Waals surface area (Å²) in [5.41, 5.74) is 2.07. The summed E-state index contributed by atoms with van der Waals surface area (Å²) in [5.74, 6) is -0.0720. The molecule has 0 spiro atoms. The molecule has 0 saturated heterocycles. The second-order valence-corrected chi connectivity index (χ2v) is 6.43. The van der Waals surface area contributed by atoms with E-state index in [0.717, 1.165) is 5.69 Å². The molecule has 0 unspecified atom stereocenters. The van der Waals surface area contributed by atoms with Gasteiger partial charge in [-0.3, -0.25) is 10.1 Å². The Labute approximate surface area is 173 Å². The lowest BCUT2D eigenvalue weighted by atomic mass is 10.2. The standard InChI is InChI=1S/C21H20ClN5O2/c1-2-23-21(29)27-19-12-18(25-14-8-4-3-5-9-14)15(13-24-19)20(28)26-17-11-7-6-10-16(17)22/h3-13H,2H2,1H3,(H,26,28)(H3,23,24,25,27,29). The highest BCUT2D eigenvalue weighted by atomic mass is 35.5. The van der Waals surface area contributed by atoms with Gasteiger partial charge in [-0.1, -0.05) is 41.9 Å². The Hall–Kier alpha value is -3.58. The Morgan fingerprint density at radius 1 is 0.966 bits per heavy atom. The molecular formula is C21H20ClN5O2. The molecule has 0 aliphatic carbocycles. The van der Waals surface area contributed by atoms with Gasteiger partial charge in [0.25, 0.3) is 5.91 Å².